The summed E-state index contributed by atoms with van der Waals surface area (Å²) in [6.07, 6.45) is 6.63. The van der Waals surface area contributed by atoms with E-state index >= 15 is 0 Å². The van der Waals surface area contributed by atoms with Crippen molar-refractivity contribution < 1.29 is 9.53 Å². The van der Waals surface area contributed by atoms with Crippen molar-refractivity contribution in [3.05, 3.63) is 41.0 Å². The average molecular weight is 440 g/mol. The minimum atomic E-state index is -0.0640. The lowest BCUT2D eigenvalue weighted by molar-refractivity contribution is 0.0936. The van der Waals surface area contributed by atoms with Crippen LogP contribution in [0.15, 0.2) is 18.2 Å². The molecular weight excluding hydrogens is 398 g/mol. The number of methoxy groups -OCH3 is 1. The second-order valence-electron chi connectivity index (χ2n) is 10.7. The Bertz CT molecular complexity index is 931. The second kappa shape index (κ2) is 10.1. The SMILES string of the molecule is CCc1nc(C(=O)NCC2CCC(C)CC2)c(C)n1-c1ccc(CC(C)(C)C)c(OC)c1. The van der Waals surface area contributed by atoms with Crippen LogP contribution in [0.3, 0.4) is 0 Å². The number of aromatic nitrogens is 2. The third-order valence-corrected chi connectivity index (χ3v) is 6.64. The van der Waals surface area contributed by atoms with Crippen molar-refractivity contribution >= 4 is 5.91 Å². The zero-order valence-electron chi connectivity index (χ0n) is 21.0. The van der Waals surface area contributed by atoms with E-state index in [-0.39, 0.29) is 11.3 Å². The fourth-order valence-electron chi connectivity index (χ4n) is 4.80. The molecule has 1 aromatic carbocycles. The number of amides is 1. The highest BCUT2D eigenvalue weighted by Gasteiger charge is 2.23. The maximum absolute atomic E-state index is 13.0. The highest BCUT2D eigenvalue weighted by molar-refractivity contribution is 5.93. The molecule has 1 saturated carbocycles. The number of ether oxygens (including phenoxy) is 1. The molecule has 1 aliphatic carbocycles. The molecule has 0 atom stereocenters. The van der Waals surface area contributed by atoms with Crippen LogP contribution in [-0.2, 0) is 12.8 Å². The van der Waals surface area contributed by atoms with Crippen LogP contribution in [0, 0.1) is 24.2 Å². The van der Waals surface area contributed by atoms with Gasteiger partial charge in [0.05, 0.1) is 18.5 Å². The summed E-state index contributed by atoms with van der Waals surface area (Å²) in [5.41, 5.74) is 3.77. The lowest BCUT2D eigenvalue weighted by atomic mass is 9.83. The van der Waals surface area contributed by atoms with E-state index in [0.717, 1.165) is 48.3 Å². The van der Waals surface area contributed by atoms with Gasteiger partial charge in [0.1, 0.15) is 17.3 Å². The number of carbonyl (C=O) groups is 1. The van der Waals surface area contributed by atoms with Crippen molar-refractivity contribution in [3.8, 4) is 11.4 Å². The third-order valence-electron chi connectivity index (χ3n) is 6.64. The molecule has 3 rings (SSSR count). The molecular formula is C27H41N3O2. The van der Waals surface area contributed by atoms with Crippen LogP contribution in [0.5, 0.6) is 5.75 Å². The zero-order valence-corrected chi connectivity index (χ0v) is 21.0. The van der Waals surface area contributed by atoms with Gasteiger partial charge in [-0.05, 0) is 55.1 Å². The summed E-state index contributed by atoms with van der Waals surface area (Å²) in [5.74, 6) is 3.11. The quantitative estimate of drug-likeness (QED) is 0.585. The van der Waals surface area contributed by atoms with Gasteiger partial charge in [-0.3, -0.25) is 4.79 Å². The summed E-state index contributed by atoms with van der Waals surface area (Å²) in [5, 5.41) is 3.16. The Balaban J connectivity index is 1.83. The fraction of sp³-hybridized carbons (Fsp3) is 0.630. The summed E-state index contributed by atoms with van der Waals surface area (Å²) in [7, 11) is 1.72. The Morgan fingerprint density at radius 2 is 1.91 bits per heavy atom. The standard InChI is InChI=1S/C27H41N3O2/c1-8-24-29-25(26(31)28-17-20-11-9-18(2)10-12-20)19(3)30(24)22-14-13-21(16-27(4,5)6)23(15-22)32-7/h13-15,18,20H,8-12,16-17H2,1-7H3,(H,28,31). The van der Waals surface area contributed by atoms with Crippen LogP contribution in [0.2, 0.25) is 0 Å². The van der Waals surface area contributed by atoms with E-state index in [1.54, 1.807) is 7.11 Å². The Kier molecular flexibility index (Phi) is 7.68. The number of rotatable bonds is 7. The van der Waals surface area contributed by atoms with Gasteiger partial charge in [0, 0.05) is 19.0 Å². The van der Waals surface area contributed by atoms with Crippen LogP contribution in [0.4, 0.5) is 0 Å². The van der Waals surface area contributed by atoms with Gasteiger partial charge in [-0.25, -0.2) is 4.98 Å². The maximum Gasteiger partial charge on any atom is 0.271 e. The van der Waals surface area contributed by atoms with Crippen molar-refractivity contribution in [2.24, 2.45) is 17.3 Å². The van der Waals surface area contributed by atoms with E-state index in [0.29, 0.717) is 11.6 Å². The molecule has 32 heavy (non-hydrogen) atoms. The van der Waals surface area contributed by atoms with Gasteiger partial charge in [-0.15, -0.1) is 0 Å². The average Bonchev–Trinajstić information content (AvgIpc) is 3.08. The summed E-state index contributed by atoms with van der Waals surface area (Å²) < 4.78 is 7.82. The van der Waals surface area contributed by atoms with Gasteiger partial charge in [0.25, 0.3) is 5.91 Å². The summed E-state index contributed by atoms with van der Waals surface area (Å²) in [6.45, 7) is 13.8. The third kappa shape index (κ3) is 5.73. The lowest BCUT2D eigenvalue weighted by Gasteiger charge is -2.26. The van der Waals surface area contributed by atoms with Gasteiger partial charge in [-0.1, -0.05) is 53.5 Å². The smallest absolute Gasteiger partial charge is 0.271 e. The number of hydrogen-bond acceptors (Lipinski definition) is 3. The molecule has 1 amide bonds. The van der Waals surface area contributed by atoms with Gasteiger partial charge < -0.3 is 14.6 Å². The molecule has 5 nitrogen and oxygen atoms in total. The molecule has 2 aromatic rings. The Hall–Kier alpha value is -2.30. The van der Waals surface area contributed by atoms with E-state index < -0.39 is 0 Å². The molecule has 1 fully saturated rings. The molecule has 5 heteroatoms. The van der Waals surface area contributed by atoms with E-state index in [2.05, 4.69) is 62.7 Å². The number of aryl methyl sites for hydroxylation is 1. The van der Waals surface area contributed by atoms with Crippen LogP contribution in [-0.4, -0.2) is 29.1 Å². The largest absolute Gasteiger partial charge is 0.496 e. The Labute approximate surface area is 194 Å². The minimum Gasteiger partial charge on any atom is -0.496 e. The molecule has 1 N–H and O–H groups in total. The minimum absolute atomic E-state index is 0.0640. The first kappa shape index (κ1) is 24.3. The number of benzene rings is 1. The van der Waals surface area contributed by atoms with Crippen LogP contribution in [0.1, 0.15) is 87.9 Å². The van der Waals surface area contributed by atoms with Crippen LogP contribution in [0.25, 0.3) is 5.69 Å². The number of nitrogens with zero attached hydrogens (tertiary/aromatic N) is 2. The van der Waals surface area contributed by atoms with E-state index in [1.165, 1.54) is 31.2 Å². The van der Waals surface area contributed by atoms with E-state index in [1.807, 2.05) is 6.92 Å². The van der Waals surface area contributed by atoms with Crippen molar-refractivity contribution in [3.63, 3.8) is 0 Å². The molecule has 0 aliphatic heterocycles. The molecule has 176 valence electrons. The molecule has 0 radical (unpaired) electrons. The Morgan fingerprint density at radius 3 is 2.50 bits per heavy atom. The Morgan fingerprint density at radius 1 is 1.22 bits per heavy atom. The number of nitrogens with one attached hydrogen (secondary N) is 1. The first-order valence-electron chi connectivity index (χ1n) is 12.2. The maximum atomic E-state index is 13.0. The molecule has 0 bridgehead atoms. The topological polar surface area (TPSA) is 56.2 Å². The molecule has 1 heterocycles. The predicted octanol–water partition coefficient (Wildman–Crippen LogP) is 5.90. The number of hydrogen-bond donors (Lipinski definition) is 1. The monoisotopic (exact) mass is 439 g/mol. The molecule has 0 spiro atoms. The van der Waals surface area contributed by atoms with Gasteiger partial charge >= 0.3 is 0 Å². The first-order chi connectivity index (χ1) is 15.1. The summed E-state index contributed by atoms with van der Waals surface area (Å²) >= 11 is 0. The molecule has 0 unspecified atom stereocenters. The van der Waals surface area contributed by atoms with E-state index in [4.69, 9.17) is 9.72 Å². The fourth-order valence-corrected chi connectivity index (χ4v) is 4.80. The zero-order chi connectivity index (χ0) is 23.5. The van der Waals surface area contributed by atoms with Gasteiger partial charge in [-0.2, -0.15) is 0 Å². The first-order valence-corrected chi connectivity index (χ1v) is 12.2. The highest BCUT2D eigenvalue weighted by Crippen LogP contribution is 2.31. The normalized spacial score (nSPS) is 19.1. The predicted molar refractivity (Wildman–Crippen MR) is 131 cm³/mol. The number of imidazole rings is 1. The van der Waals surface area contributed by atoms with Crippen molar-refractivity contribution in [1.82, 2.24) is 14.9 Å². The van der Waals surface area contributed by atoms with Crippen LogP contribution < -0.4 is 10.1 Å². The molecule has 1 aromatic heterocycles. The van der Waals surface area contributed by atoms with Crippen molar-refractivity contribution in [1.29, 1.82) is 0 Å². The molecule has 1 aliphatic rings. The van der Waals surface area contributed by atoms with Gasteiger partial charge in [0.15, 0.2) is 0 Å². The van der Waals surface area contributed by atoms with Gasteiger partial charge in [0.2, 0.25) is 0 Å². The second-order valence-corrected chi connectivity index (χ2v) is 10.7. The molecule has 0 saturated heterocycles. The highest BCUT2D eigenvalue weighted by atomic mass is 16.5. The van der Waals surface area contributed by atoms with Crippen molar-refractivity contribution in [2.75, 3.05) is 13.7 Å². The van der Waals surface area contributed by atoms with Crippen LogP contribution >= 0.6 is 0 Å². The van der Waals surface area contributed by atoms with E-state index in [9.17, 15) is 4.79 Å². The summed E-state index contributed by atoms with van der Waals surface area (Å²) in [6, 6.07) is 6.32. The summed E-state index contributed by atoms with van der Waals surface area (Å²) in [4.78, 5) is 17.7. The number of carbonyl (C=O) groups excluding carboxylic acids is 1. The lowest BCUT2D eigenvalue weighted by Crippen LogP contribution is -2.31. The van der Waals surface area contributed by atoms with Crippen molar-refractivity contribution in [2.45, 2.75) is 80.1 Å².